The van der Waals surface area contributed by atoms with Crippen LogP contribution in [0.2, 0.25) is 0 Å². The van der Waals surface area contributed by atoms with E-state index in [9.17, 15) is 5.11 Å². The van der Waals surface area contributed by atoms with Crippen molar-refractivity contribution < 1.29 is 14.2 Å². The first kappa shape index (κ1) is 17.1. The molecule has 132 valence electrons. The lowest BCUT2D eigenvalue weighted by atomic mass is 9.82. The second kappa shape index (κ2) is 5.83. The Labute approximate surface area is 153 Å². The van der Waals surface area contributed by atoms with E-state index < -0.39 is 11.2 Å². The van der Waals surface area contributed by atoms with Crippen molar-refractivity contribution in [2.75, 3.05) is 0 Å². The van der Waals surface area contributed by atoms with Crippen LogP contribution in [-0.2, 0) is 4.65 Å². The number of fused-ring (bicyclic) bond motifs is 5. The Kier molecular flexibility index (Phi) is 3.83. The van der Waals surface area contributed by atoms with Crippen LogP contribution >= 0.6 is 0 Å². The van der Waals surface area contributed by atoms with Gasteiger partial charge in [-0.1, -0.05) is 35.8 Å². The molecule has 0 amide bonds. The van der Waals surface area contributed by atoms with Gasteiger partial charge in [-0.2, -0.15) is 0 Å². The Morgan fingerprint density at radius 2 is 1.77 bits per heavy atom. The Morgan fingerprint density at radius 1 is 1.00 bits per heavy atom. The molecule has 0 atom stereocenters. The molecule has 0 bridgehead atoms. The molecule has 2 aromatic heterocycles. The van der Waals surface area contributed by atoms with Crippen molar-refractivity contribution in [2.24, 2.45) is 0 Å². The van der Waals surface area contributed by atoms with Crippen LogP contribution in [0.3, 0.4) is 0 Å². The van der Waals surface area contributed by atoms with Crippen LogP contribution in [0.1, 0.15) is 27.7 Å². The fourth-order valence-corrected chi connectivity index (χ4v) is 2.99. The highest BCUT2D eigenvalue weighted by Gasteiger charge is 2.35. The quantitative estimate of drug-likeness (QED) is 0.572. The molecule has 0 spiro atoms. The third kappa shape index (κ3) is 2.77. The van der Waals surface area contributed by atoms with Crippen molar-refractivity contribution >= 4 is 45.8 Å². The van der Waals surface area contributed by atoms with Crippen LogP contribution in [-0.4, -0.2) is 28.8 Å². The number of aliphatic hydroxyl groups is 1. The molecule has 0 radical (unpaired) electrons. The zero-order valence-electron chi connectivity index (χ0n) is 15.5. The van der Waals surface area contributed by atoms with Crippen LogP contribution in [0, 0.1) is 0 Å². The van der Waals surface area contributed by atoms with Gasteiger partial charge in [0.25, 0.3) is 0 Å². The summed E-state index contributed by atoms with van der Waals surface area (Å²) >= 11 is 0. The first-order valence-electron chi connectivity index (χ1n) is 8.81. The summed E-state index contributed by atoms with van der Waals surface area (Å²) in [6.45, 7) is 7.33. The number of pyridine rings is 1. The zero-order chi connectivity index (χ0) is 18.5. The van der Waals surface area contributed by atoms with Gasteiger partial charge in [-0.3, -0.25) is 4.98 Å². The van der Waals surface area contributed by atoms with E-state index in [4.69, 9.17) is 9.07 Å². The molecule has 4 aromatic rings. The molecular weight excluding hydrogens is 325 g/mol. The van der Waals surface area contributed by atoms with Gasteiger partial charge in [-0.05, 0) is 39.8 Å². The van der Waals surface area contributed by atoms with E-state index in [1.54, 1.807) is 20.0 Å². The lowest BCUT2D eigenvalue weighted by Crippen LogP contribution is -2.49. The van der Waals surface area contributed by atoms with Crippen LogP contribution in [0.5, 0.6) is 0 Å². The fourth-order valence-electron chi connectivity index (χ4n) is 2.99. The van der Waals surface area contributed by atoms with Crippen LogP contribution in [0.4, 0.5) is 0 Å². The molecule has 4 rings (SSSR count). The molecule has 4 nitrogen and oxygen atoms in total. The fraction of sp³-hybridized carbons (Fsp3) is 0.286. The molecule has 26 heavy (non-hydrogen) atoms. The predicted octanol–water partition coefficient (Wildman–Crippen LogP) is 3.68. The summed E-state index contributed by atoms with van der Waals surface area (Å²) in [7, 11) is 0.419. The number of hydrogen-bond donors (Lipinski definition) is 1. The van der Waals surface area contributed by atoms with Crippen LogP contribution < -0.4 is 5.46 Å². The molecule has 2 heterocycles. The van der Waals surface area contributed by atoms with E-state index in [0.717, 1.165) is 38.3 Å². The summed E-state index contributed by atoms with van der Waals surface area (Å²) in [5.74, 6) is 0. The first-order valence-corrected chi connectivity index (χ1v) is 8.81. The van der Waals surface area contributed by atoms with Gasteiger partial charge in [-0.15, -0.1) is 0 Å². The van der Waals surface area contributed by atoms with Gasteiger partial charge in [0.2, 0.25) is 0 Å². The van der Waals surface area contributed by atoms with Crippen molar-refractivity contribution in [1.82, 2.24) is 4.98 Å². The van der Waals surface area contributed by atoms with E-state index in [1.807, 2.05) is 44.2 Å². The molecule has 0 aliphatic rings. The lowest BCUT2D eigenvalue weighted by Gasteiger charge is -2.37. The van der Waals surface area contributed by atoms with Gasteiger partial charge in [-0.25, -0.2) is 0 Å². The van der Waals surface area contributed by atoms with Crippen molar-refractivity contribution in [3.63, 3.8) is 0 Å². The van der Waals surface area contributed by atoms with Crippen molar-refractivity contribution in [3.05, 3.63) is 48.7 Å². The third-order valence-electron chi connectivity index (χ3n) is 5.35. The summed E-state index contributed by atoms with van der Waals surface area (Å²) < 4.78 is 12.0. The number of rotatable bonds is 4. The molecule has 5 heteroatoms. The van der Waals surface area contributed by atoms with Gasteiger partial charge < -0.3 is 14.2 Å². The Balaban J connectivity index is 1.79. The molecule has 0 saturated heterocycles. The van der Waals surface area contributed by atoms with E-state index >= 15 is 0 Å². The minimum Gasteiger partial charge on any atom is -0.454 e. The highest BCUT2D eigenvalue weighted by atomic mass is 16.5. The second-order valence-electron chi connectivity index (χ2n) is 7.81. The largest absolute Gasteiger partial charge is 0.454 e. The maximum atomic E-state index is 10.3. The number of furan rings is 1. The first-order chi connectivity index (χ1) is 12.3. The maximum absolute atomic E-state index is 10.3. The molecule has 0 saturated carbocycles. The minimum absolute atomic E-state index is 0.419. The Morgan fingerprint density at radius 3 is 2.54 bits per heavy atom. The number of hydrogen-bond acceptors (Lipinski definition) is 4. The number of nitrogens with zero attached hydrogens (tertiary/aromatic N) is 1. The topological polar surface area (TPSA) is 55.5 Å². The van der Waals surface area contributed by atoms with Crippen molar-refractivity contribution in [3.8, 4) is 0 Å². The van der Waals surface area contributed by atoms with Gasteiger partial charge >= 0.3 is 7.48 Å². The molecule has 2 aromatic carbocycles. The van der Waals surface area contributed by atoms with Crippen LogP contribution in [0.15, 0.2) is 53.1 Å². The van der Waals surface area contributed by atoms with E-state index in [1.165, 1.54) is 0 Å². The lowest BCUT2D eigenvalue weighted by molar-refractivity contribution is -0.0893. The molecule has 0 aliphatic carbocycles. The van der Waals surface area contributed by atoms with Gasteiger partial charge in [0.15, 0.2) is 5.58 Å². The van der Waals surface area contributed by atoms with Gasteiger partial charge in [0.05, 0.1) is 22.9 Å². The van der Waals surface area contributed by atoms with Gasteiger partial charge in [0.1, 0.15) is 5.58 Å². The summed E-state index contributed by atoms with van der Waals surface area (Å²) in [4.78, 5) is 4.48. The summed E-state index contributed by atoms with van der Waals surface area (Å²) in [6.07, 6.45) is 1.78. The number of para-hydroxylation sites is 1. The highest BCUT2D eigenvalue weighted by molar-refractivity contribution is 6.47. The SMILES string of the molecule is CC(C)(O)C(C)(C)OBc1ccc2oc3cnc4ccccc4c3c2c1. The van der Waals surface area contributed by atoms with Crippen molar-refractivity contribution in [1.29, 1.82) is 0 Å². The van der Waals surface area contributed by atoms with Crippen LogP contribution in [0.25, 0.3) is 32.8 Å². The Hall–Kier alpha value is -2.37. The third-order valence-corrected chi connectivity index (χ3v) is 5.35. The van der Waals surface area contributed by atoms with Gasteiger partial charge in [0, 0.05) is 16.2 Å². The van der Waals surface area contributed by atoms with E-state index in [-0.39, 0.29) is 0 Å². The van der Waals surface area contributed by atoms with E-state index in [2.05, 4.69) is 17.1 Å². The molecule has 0 aliphatic heterocycles. The minimum atomic E-state index is -0.929. The number of benzene rings is 2. The standard InChI is InChI=1S/C21H22BNO3/c1-20(2,24)21(3,4)26-22-13-9-10-17-15(11-13)19-14-7-5-6-8-16(14)23-12-18(19)25-17/h5-12,22,24H,1-4H3. The average molecular weight is 347 g/mol. The normalized spacial score (nSPS) is 13.0. The predicted molar refractivity (Wildman–Crippen MR) is 107 cm³/mol. The summed E-state index contributed by atoms with van der Waals surface area (Å²) in [5, 5.41) is 13.5. The molecule has 0 fully saturated rings. The monoisotopic (exact) mass is 347 g/mol. The summed E-state index contributed by atoms with van der Waals surface area (Å²) in [6, 6.07) is 14.2. The van der Waals surface area contributed by atoms with E-state index in [0.29, 0.717) is 7.48 Å². The molecule has 1 N–H and O–H groups in total. The Bertz CT molecular complexity index is 1110. The summed E-state index contributed by atoms with van der Waals surface area (Å²) in [5.41, 5.74) is 2.03. The molecular formula is C21H22BNO3. The zero-order valence-corrected chi connectivity index (χ0v) is 15.5. The molecule has 0 unspecified atom stereocenters. The van der Waals surface area contributed by atoms with Crippen molar-refractivity contribution in [2.45, 2.75) is 38.9 Å². The number of aromatic nitrogens is 1. The maximum Gasteiger partial charge on any atom is 0.309 e. The smallest absolute Gasteiger partial charge is 0.309 e. The second-order valence-corrected chi connectivity index (χ2v) is 7.81. The highest BCUT2D eigenvalue weighted by Crippen LogP contribution is 2.33. The average Bonchev–Trinajstić information content (AvgIpc) is 2.97.